The molecule has 8 nitrogen and oxygen atoms in total. The van der Waals surface area contributed by atoms with Crippen molar-refractivity contribution in [2.24, 2.45) is 0 Å². The molecule has 0 fully saturated rings. The van der Waals surface area contributed by atoms with E-state index in [9.17, 15) is 9.59 Å². The van der Waals surface area contributed by atoms with Crippen molar-refractivity contribution in [2.45, 2.75) is 32.9 Å². The van der Waals surface area contributed by atoms with Gasteiger partial charge in [0.05, 0.1) is 11.7 Å². The second-order valence-electron chi connectivity index (χ2n) is 7.00. The van der Waals surface area contributed by atoms with Crippen LogP contribution in [0, 0.1) is 6.92 Å². The maximum atomic E-state index is 13.4. The Kier molecular flexibility index (Phi) is 6.21. The van der Waals surface area contributed by atoms with Crippen LogP contribution in [0.1, 0.15) is 30.0 Å². The van der Waals surface area contributed by atoms with Gasteiger partial charge in [-0.1, -0.05) is 48.1 Å². The topological polar surface area (TPSA) is 99.0 Å². The molecule has 0 aliphatic rings. The van der Waals surface area contributed by atoms with Crippen LogP contribution >= 0.6 is 22.7 Å². The largest absolute Gasteiger partial charge is 0.377 e. The molecule has 0 bridgehead atoms. The van der Waals surface area contributed by atoms with Crippen molar-refractivity contribution in [1.82, 2.24) is 19.7 Å². The molecule has 3 heterocycles. The molecule has 0 radical (unpaired) electrons. The van der Waals surface area contributed by atoms with Crippen molar-refractivity contribution < 1.29 is 9.53 Å². The van der Waals surface area contributed by atoms with Crippen LogP contribution < -0.4 is 10.9 Å². The Balaban J connectivity index is 1.69. The van der Waals surface area contributed by atoms with Crippen LogP contribution in [0.4, 0.5) is 5.13 Å². The van der Waals surface area contributed by atoms with Gasteiger partial charge in [0.25, 0.3) is 5.56 Å². The number of hydrogen-bond donors (Lipinski definition) is 1. The lowest BCUT2D eigenvalue weighted by molar-refractivity contribution is -0.119. The summed E-state index contributed by atoms with van der Waals surface area (Å²) in [6, 6.07) is 7.28. The van der Waals surface area contributed by atoms with Gasteiger partial charge in [-0.15, -0.1) is 21.5 Å². The standard InChI is InChI=1S/C21H21N5O3S2/c1-4-15(18(27)23-21-25-24-16(31-21)9-29-3)26-11-22-19-17(20(26)28)14(10-30-19)13-7-5-12(2)6-8-13/h5-8,10-11,15H,4,9H2,1-3H3,(H,23,25,27). The molecule has 3 aromatic heterocycles. The van der Waals surface area contributed by atoms with Crippen molar-refractivity contribution in [1.29, 1.82) is 0 Å². The van der Waals surface area contributed by atoms with E-state index in [2.05, 4.69) is 20.5 Å². The van der Waals surface area contributed by atoms with E-state index < -0.39 is 6.04 Å². The smallest absolute Gasteiger partial charge is 0.263 e. The Hall–Kier alpha value is -2.95. The second kappa shape index (κ2) is 9.04. The average molecular weight is 456 g/mol. The Morgan fingerprint density at radius 3 is 2.74 bits per heavy atom. The third-order valence-electron chi connectivity index (χ3n) is 4.87. The van der Waals surface area contributed by atoms with Gasteiger partial charge >= 0.3 is 0 Å². The molecule has 10 heteroatoms. The number of aryl methyl sites for hydroxylation is 1. The number of ether oxygens (including phenoxy) is 1. The predicted octanol–water partition coefficient (Wildman–Crippen LogP) is 4.02. The first-order valence-electron chi connectivity index (χ1n) is 9.69. The van der Waals surface area contributed by atoms with Crippen LogP contribution in [0.2, 0.25) is 0 Å². The summed E-state index contributed by atoms with van der Waals surface area (Å²) >= 11 is 2.66. The molecule has 0 aliphatic heterocycles. The Bertz CT molecular complexity index is 1280. The highest BCUT2D eigenvalue weighted by molar-refractivity contribution is 7.17. The van der Waals surface area contributed by atoms with Crippen molar-refractivity contribution >= 4 is 43.9 Å². The minimum atomic E-state index is -0.718. The normalized spacial score (nSPS) is 12.2. The average Bonchev–Trinajstić information content (AvgIpc) is 3.38. The third-order valence-corrected chi connectivity index (χ3v) is 6.57. The third kappa shape index (κ3) is 4.27. The van der Waals surface area contributed by atoms with Crippen LogP contribution in [0.15, 0.2) is 40.8 Å². The molecular weight excluding hydrogens is 434 g/mol. The van der Waals surface area contributed by atoms with Gasteiger partial charge in [-0.25, -0.2) is 4.98 Å². The Morgan fingerprint density at radius 1 is 1.26 bits per heavy atom. The Morgan fingerprint density at radius 2 is 2.03 bits per heavy atom. The lowest BCUT2D eigenvalue weighted by Crippen LogP contribution is -2.33. The van der Waals surface area contributed by atoms with E-state index in [1.54, 1.807) is 7.11 Å². The summed E-state index contributed by atoms with van der Waals surface area (Å²) in [7, 11) is 1.57. The molecule has 1 amide bonds. The number of nitrogens with one attached hydrogen (secondary N) is 1. The number of thiophene rings is 1. The molecule has 4 aromatic rings. The minimum absolute atomic E-state index is 0.235. The molecule has 1 N–H and O–H groups in total. The van der Waals surface area contributed by atoms with E-state index in [1.165, 1.54) is 33.6 Å². The quantitative estimate of drug-likeness (QED) is 0.452. The van der Waals surface area contributed by atoms with E-state index in [4.69, 9.17) is 4.74 Å². The summed E-state index contributed by atoms with van der Waals surface area (Å²) in [4.78, 5) is 31.5. The van der Waals surface area contributed by atoms with Gasteiger partial charge in [-0.3, -0.25) is 19.5 Å². The Labute approximate surface area is 186 Å². The molecule has 4 rings (SSSR count). The zero-order chi connectivity index (χ0) is 22.0. The molecular formula is C21H21N5O3S2. The summed E-state index contributed by atoms with van der Waals surface area (Å²) < 4.78 is 6.43. The summed E-state index contributed by atoms with van der Waals surface area (Å²) in [5.41, 5.74) is 2.69. The first-order chi connectivity index (χ1) is 15.0. The fraction of sp³-hybridized carbons (Fsp3) is 0.286. The second-order valence-corrected chi connectivity index (χ2v) is 8.92. The highest BCUT2D eigenvalue weighted by atomic mass is 32.1. The number of carbonyl (C=O) groups is 1. The lowest BCUT2D eigenvalue weighted by Gasteiger charge is -2.16. The van der Waals surface area contributed by atoms with Gasteiger partial charge in [-0.05, 0) is 18.9 Å². The number of anilines is 1. The fourth-order valence-corrected chi connectivity index (χ4v) is 4.92. The van der Waals surface area contributed by atoms with Crippen LogP contribution in [-0.4, -0.2) is 32.8 Å². The summed E-state index contributed by atoms with van der Waals surface area (Å²) in [5.74, 6) is -0.335. The SMILES string of the molecule is CCC(C(=O)Nc1nnc(COC)s1)n1cnc2scc(-c3ccc(C)cc3)c2c1=O. The van der Waals surface area contributed by atoms with E-state index in [0.717, 1.165) is 16.7 Å². The molecule has 31 heavy (non-hydrogen) atoms. The number of rotatable bonds is 7. The number of aromatic nitrogens is 4. The number of carbonyl (C=O) groups excluding carboxylic acids is 1. The molecule has 0 saturated heterocycles. The molecule has 1 atom stereocenters. The molecule has 0 saturated carbocycles. The fourth-order valence-electron chi connectivity index (χ4n) is 3.30. The summed E-state index contributed by atoms with van der Waals surface area (Å²) in [6.45, 7) is 4.20. The van der Waals surface area contributed by atoms with Crippen LogP contribution in [0.25, 0.3) is 21.3 Å². The predicted molar refractivity (Wildman–Crippen MR) is 123 cm³/mol. The zero-order valence-corrected chi connectivity index (χ0v) is 18.9. The van der Waals surface area contributed by atoms with Crippen LogP contribution in [0.3, 0.4) is 0 Å². The van der Waals surface area contributed by atoms with Crippen LogP contribution in [-0.2, 0) is 16.1 Å². The lowest BCUT2D eigenvalue weighted by atomic mass is 10.0. The number of nitrogens with zero attached hydrogens (tertiary/aromatic N) is 4. The first kappa shape index (κ1) is 21.3. The van der Waals surface area contributed by atoms with Crippen molar-refractivity contribution in [3.63, 3.8) is 0 Å². The van der Waals surface area contributed by atoms with Gasteiger partial charge < -0.3 is 4.74 Å². The maximum absolute atomic E-state index is 13.4. The number of benzene rings is 1. The highest BCUT2D eigenvalue weighted by Crippen LogP contribution is 2.31. The van der Waals surface area contributed by atoms with Crippen molar-refractivity contribution in [3.8, 4) is 11.1 Å². The van der Waals surface area contributed by atoms with Gasteiger partial charge in [0.15, 0.2) is 0 Å². The molecule has 0 aliphatic carbocycles. The summed E-state index contributed by atoms with van der Waals surface area (Å²) in [6.07, 6.45) is 1.87. The maximum Gasteiger partial charge on any atom is 0.263 e. The summed E-state index contributed by atoms with van der Waals surface area (Å²) in [5, 5.41) is 14.2. The molecule has 0 spiro atoms. The minimum Gasteiger partial charge on any atom is -0.377 e. The van der Waals surface area contributed by atoms with E-state index in [0.29, 0.717) is 33.4 Å². The first-order valence-corrected chi connectivity index (χ1v) is 11.4. The van der Waals surface area contributed by atoms with Crippen LogP contribution in [0.5, 0.6) is 0 Å². The molecule has 1 unspecified atom stereocenters. The van der Waals surface area contributed by atoms with Gasteiger partial charge in [-0.2, -0.15) is 0 Å². The number of amides is 1. The van der Waals surface area contributed by atoms with E-state index in [1.807, 2.05) is 43.5 Å². The van der Waals surface area contributed by atoms with Gasteiger partial charge in [0, 0.05) is 18.1 Å². The van der Waals surface area contributed by atoms with E-state index in [-0.39, 0.29) is 11.5 Å². The zero-order valence-electron chi connectivity index (χ0n) is 17.3. The van der Waals surface area contributed by atoms with Crippen molar-refractivity contribution in [3.05, 3.63) is 56.9 Å². The van der Waals surface area contributed by atoms with Gasteiger partial charge in [0.2, 0.25) is 11.0 Å². The molecule has 160 valence electrons. The number of methoxy groups -OCH3 is 1. The van der Waals surface area contributed by atoms with Crippen molar-refractivity contribution in [2.75, 3.05) is 12.4 Å². The monoisotopic (exact) mass is 455 g/mol. The van der Waals surface area contributed by atoms with Gasteiger partial charge in [0.1, 0.15) is 22.5 Å². The number of fused-ring (bicyclic) bond motifs is 1. The van der Waals surface area contributed by atoms with E-state index >= 15 is 0 Å². The molecule has 1 aromatic carbocycles. The highest BCUT2D eigenvalue weighted by Gasteiger charge is 2.23. The number of hydrogen-bond acceptors (Lipinski definition) is 8.